The summed E-state index contributed by atoms with van der Waals surface area (Å²) in [5.41, 5.74) is 0. The summed E-state index contributed by atoms with van der Waals surface area (Å²) in [4.78, 5) is 10.9. The molecule has 0 atom stereocenters. The van der Waals surface area contributed by atoms with Gasteiger partial charge in [0.05, 0.1) is 0 Å². The van der Waals surface area contributed by atoms with E-state index in [-0.39, 0.29) is 5.91 Å². The van der Waals surface area contributed by atoms with E-state index >= 15 is 0 Å². The molecule has 0 saturated carbocycles. The zero-order valence-corrected chi connectivity index (χ0v) is 14.2. The standard InChI is InChI=1S/C15H28NO.Na/c1-3-5-6-7-8-9-10-11-12-13-14-16-15(17)4-2;/h4H,1-3,5-14H2,(H,16,17);. The molecule has 0 aliphatic carbocycles. The van der Waals surface area contributed by atoms with Crippen LogP contribution in [0.1, 0.15) is 64.2 Å². The van der Waals surface area contributed by atoms with Gasteiger partial charge < -0.3 is 5.32 Å². The number of unbranched alkanes of at least 4 members (excludes halogenated alkanes) is 9. The van der Waals surface area contributed by atoms with Crippen molar-refractivity contribution >= 4 is 33.8 Å². The number of nitrogens with one attached hydrogen (secondary N) is 1. The third kappa shape index (κ3) is 14.3. The van der Waals surface area contributed by atoms with Crippen molar-refractivity contribution in [2.45, 2.75) is 67.9 Å². The van der Waals surface area contributed by atoms with Gasteiger partial charge in [0.15, 0.2) is 0 Å². The third-order valence-electron chi connectivity index (χ3n) is 3.26. The molecule has 0 radical (unpaired) electrons. The SMILES string of the molecule is C=CC(=O)NCCCCCCCCCCC[CH2][Na]. The van der Waals surface area contributed by atoms with Crippen LogP contribution in [0.15, 0.2) is 12.7 Å². The quantitative estimate of drug-likeness (QED) is 0.305. The Morgan fingerprint density at radius 1 is 0.889 bits per heavy atom. The van der Waals surface area contributed by atoms with Crippen molar-refractivity contribution in [3.8, 4) is 0 Å². The van der Waals surface area contributed by atoms with E-state index in [9.17, 15) is 4.79 Å². The van der Waals surface area contributed by atoms with E-state index in [1.165, 1.54) is 95.5 Å². The minimum atomic E-state index is -0.0512. The van der Waals surface area contributed by atoms with E-state index in [1.54, 1.807) is 0 Å². The van der Waals surface area contributed by atoms with Crippen LogP contribution < -0.4 is 5.32 Å². The average molecular weight is 261 g/mol. The van der Waals surface area contributed by atoms with Gasteiger partial charge in [0.1, 0.15) is 0 Å². The molecule has 3 heteroatoms. The molecule has 0 aromatic rings. The number of rotatable bonds is 13. The molecule has 2 nitrogen and oxygen atoms in total. The number of hydrogen-bond donors (Lipinski definition) is 1. The van der Waals surface area contributed by atoms with E-state index < -0.39 is 0 Å². The molecular weight excluding hydrogens is 233 g/mol. The first-order chi connectivity index (χ1) is 8.81. The second-order valence-electron chi connectivity index (χ2n) is 5.03. The predicted octanol–water partition coefficient (Wildman–Crippen LogP) is 3.78. The zero-order chi connectivity index (χ0) is 13.5. The molecule has 0 fully saturated rings. The van der Waals surface area contributed by atoms with E-state index in [0.717, 1.165) is 13.0 Å². The fourth-order valence-corrected chi connectivity index (χ4v) is 2.57. The molecule has 1 N–H and O–H groups in total. The molecule has 18 heavy (non-hydrogen) atoms. The summed E-state index contributed by atoms with van der Waals surface area (Å²) >= 11 is 1.38. The Kier molecular flexibility index (Phi) is 15.4. The van der Waals surface area contributed by atoms with E-state index in [0.29, 0.717) is 0 Å². The summed E-state index contributed by atoms with van der Waals surface area (Å²) in [5, 5.41) is 2.81. The van der Waals surface area contributed by atoms with Crippen LogP contribution in [0.3, 0.4) is 0 Å². The van der Waals surface area contributed by atoms with Crippen molar-refractivity contribution < 1.29 is 4.79 Å². The Morgan fingerprint density at radius 3 is 1.78 bits per heavy atom. The van der Waals surface area contributed by atoms with Crippen molar-refractivity contribution in [3.63, 3.8) is 0 Å². The first-order valence-corrected chi connectivity index (χ1v) is 9.13. The number of hydrogen-bond acceptors (Lipinski definition) is 1. The van der Waals surface area contributed by atoms with Crippen LogP contribution in [0.25, 0.3) is 0 Å². The van der Waals surface area contributed by atoms with Gasteiger partial charge in [-0.25, -0.2) is 0 Å². The molecule has 0 aromatic carbocycles. The van der Waals surface area contributed by atoms with Gasteiger partial charge in [0.2, 0.25) is 5.91 Å². The molecule has 0 saturated heterocycles. The average Bonchev–Trinajstić information content (AvgIpc) is 2.39. The predicted molar refractivity (Wildman–Crippen MR) is 79.9 cm³/mol. The number of carbonyl (C=O) groups is 1. The van der Waals surface area contributed by atoms with E-state index in [2.05, 4.69) is 11.9 Å². The molecule has 1 amide bonds. The van der Waals surface area contributed by atoms with Crippen LogP contribution in [0.5, 0.6) is 0 Å². The molecule has 0 unspecified atom stereocenters. The topological polar surface area (TPSA) is 29.1 Å². The van der Waals surface area contributed by atoms with Crippen LogP contribution in [0.2, 0.25) is 3.67 Å². The van der Waals surface area contributed by atoms with Gasteiger partial charge >= 0.3 is 102 Å². The van der Waals surface area contributed by atoms with Gasteiger partial charge in [0.25, 0.3) is 0 Å². The van der Waals surface area contributed by atoms with Crippen molar-refractivity contribution in [1.29, 1.82) is 0 Å². The fourth-order valence-electron chi connectivity index (χ4n) is 2.07. The van der Waals surface area contributed by atoms with Gasteiger partial charge in [-0.15, -0.1) is 0 Å². The maximum atomic E-state index is 10.9. The van der Waals surface area contributed by atoms with Gasteiger partial charge in [-0.05, 0) is 6.08 Å². The van der Waals surface area contributed by atoms with Gasteiger partial charge in [-0.1, -0.05) is 6.58 Å². The second-order valence-corrected chi connectivity index (χ2v) is 6.03. The summed E-state index contributed by atoms with van der Waals surface area (Å²) in [7, 11) is 0. The molecular formula is C15H28NNaO. The molecule has 0 spiro atoms. The number of amides is 1. The Bertz CT molecular complexity index is 207. The minimum absolute atomic E-state index is 0.0512. The molecule has 0 aliphatic rings. The van der Waals surface area contributed by atoms with Crippen molar-refractivity contribution in [2.75, 3.05) is 6.54 Å². The van der Waals surface area contributed by atoms with Crippen LogP contribution in [-0.2, 0) is 4.79 Å². The normalized spacial score (nSPS) is 10.3. The Morgan fingerprint density at radius 2 is 1.33 bits per heavy atom. The first kappa shape index (κ1) is 18.2. The maximum absolute atomic E-state index is 10.9. The third-order valence-corrected chi connectivity index (χ3v) is 3.97. The van der Waals surface area contributed by atoms with Crippen LogP contribution in [-0.4, -0.2) is 40.4 Å². The summed E-state index contributed by atoms with van der Waals surface area (Å²) in [5.74, 6) is -0.0512. The van der Waals surface area contributed by atoms with E-state index in [1.807, 2.05) is 0 Å². The molecule has 0 aromatic heterocycles. The summed E-state index contributed by atoms with van der Waals surface area (Å²) < 4.78 is 1.47. The summed E-state index contributed by atoms with van der Waals surface area (Å²) in [6, 6.07) is 0. The van der Waals surface area contributed by atoms with Crippen LogP contribution in [0, 0.1) is 0 Å². The first-order valence-electron chi connectivity index (χ1n) is 7.71. The molecule has 0 rings (SSSR count). The summed E-state index contributed by atoms with van der Waals surface area (Å²) in [6.45, 7) is 4.22. The molecule has 100 valence electrons. The van der Waals surface area contributed by atoms with E-state index in [4.69, 9.17) is 0 Å². The van der Waals surface area contributed by atoms with Crippen molar-refractivity contribution in [1.82, 2.24) is 5.32 Å². The molecule has 0 aliphatic heterocycles. The van der Waals surface area contributed by atoms with Crippen molar-refractivity contribution in [3.05, 3.63) is 12.7 Å². The van der Waals surface area contributed by atoms with Gasteiger partial charge in [0, 0.05) is 0 Å². The second kappa shape index (κ2) is 15.3. The molecule has 0 heterocycles. The van der Waals surface area contributed by atoms with Crippen LogP contribution in [0.4, 0.5) is 0 Å². The fraction of sp³-hybridized carbons (Fsp3) is 0.800. The van der Waals surface area contributed by atoms with Gasteiger partial charge in [-0.3, -0.25) is 4.79 Å². The summed E-state index contributed by atoms with van der Waals surface area (Å²) in [6.07, 6.45) is 14.9. The zero-order valence-electron chi connectivity index (χ0n) is 12.2. The number of carbonyl (C=O) groups excluding carboxylic acids is 1. The van der Waals surface area contributed by atoms with Crippen LogP contribution >= 0.6 is 0 Å². The Labute approximate surface area is 130 Å². The molecule has 0 bridgehead atoms. The van der Waals surface area contributed by atoms with Gasteiger partial charge in [-0.2, -0.15) is 0 Å². The Balaban J connectivity index is 2.98. The van der Waals surface area contributed by atoms with Crippen molar-refractivity contribution in [2.24, 2.45) is 0 Å². The Hall–Kier alpha value is 0.210. The monoisotopic (exact) mass is 261 g/mol.